The van der Waals surface area contributed by atoms with Gasteiger partial charge < -0.3 is 0 Å². The van der Waals surface area contributed by atoms with Gasteiger partial charge in [0, 0.05) is 9.79 Å². The summed E-state index contributed by atoms with van der Waals surface area (Å²) in [4.78, 5) is 4.46. The fourth-order valence-corrected chi connectivity index (χ4v) is 6.87. The van der Waals surface area contributed by atoms with Gasteiger partial charge in [0.25, 0.3) is 0 Å². The maximum Gasteiger partial charge on any atom is 0.00582 e. The van der Waals surface area contributed by atoms with Crippen LogP contribution in [0.5, 0.6) is 0 Å². The molecule has 0 aromatic heterocycles. The van der Waals surface area contributed by atoms with Crippen LogP contribution in [0.2, 0.25) is 0 Å². The predicted octanol–water partition coefficient (Wildman–Crippen LogP) is 6.20. The predicted molar refractivity (Wildman–Crippen MR) is 96.1 cm³/mol. The van der Waals surface area contributed by atoms with Crippen molar-refractivity contribution in [3.63, 3.8) is 0 Å². The third kappa shape index (κ3) is 1.72. The smallest absolute Gasteiger partial charge is 0.00582 e. The highest BCUT2D eigenvalue weighted by molar-refractivity contribution is 8.33. The molecule has 22 heavy (non-hydrogen) atoms. The summed E-state index contributed by atoms with van der Waals surface area (Å²) in [7, 11) is -1.14. The van der Waals surface area contributed by atoms with Gasteiger partial charge in [0.05, 0.1) is 0 Å². The van der Waals surface area contributed by atoms with Gasteiger partial charge in [0.15, 0.2) is 0 Å². The number of aryl methyl sites for hydroxylation is 2. The van der Waals surface area contributed by atoms with Crippen molar-refractivity contribution in [1.82, 2.24) is 0 Å². The van der Waals surface area contributed by atoms with Crippen molar-refractivity contribution in [1.29, 1.82) is 0 Å². The van der Waals surface area contributed by atoms with Gasteiger partial charge in [0.1, 0.15) is 0 Å². The van der Waals surface area contributed by atoms with E-state index in [0.29, 0.717) is 0 Å². The summed E-state index contributed by atoms with van der Waals surface area (Å²) >= 11 is 0. The molecule has 0 amide bonds. The first-order valence-corrected chi connectivity index (χ1v) is 9.70. The van der Waals surface area contributed by atoms with Crippen molar-refractivity contribution in [3.05, 3.63) is 77.9 Å². The average Bonchev–Trinajstić information content (AvgIpc) is 2.82. The summed E-state index contributed by atoms with van der Waals surface area (Å²) in [6.07, 6.45) is 2.45. The minimum absolute atomic E-state index is 1.14. The van der Waals surface area contributed by atoms with Crippen molar-refractivity contribution in [2.45, 2.75) is 28.5 Å². The number of hydrogen-bond donors (Lipinski definition) is 0. The Balaban J connectivity index is 2.06. The zero-order valence-electron chi connectivity index (χ0n) is 13.3. The molecule has 0 nitrogen and oxygen atoms in total. The molecule has 1 aliphatic heterocycles. The van der Waals surface area contributed by atoms with E-state index < -0.39 is 10.0 Å². The van der Waals surface area contributed by atoms with Crippen LogP contribution in [-0.4, -0.2) is 6.26 Å². The van der Waals surface area contributed by atoms with E-state index in [1.165, 1.54) is 36.9 Å². The number of rotatable bonds is 1. The molecule has 0 spiro atoms. The first kappa shape index (κ1) is 13.7. The Labute approximate surface area is 134 Å². The zero-order chi connectivity index (χ0) is 15.3. The van der Waals surface area contributed by atoms with Gasteiger partial charge in [-0.3, -0.25) is 0 Å². The standard InChI is InChI=1S/C21H20S/c1-15-12-13-17(14-16(15)2)22(3)20-10-6-4-8-18(20)19-9-5-7-11-21(19)22/h4-14H,1-3H3. The van der Waals surface area contributed by atoms with E-state index in [2.05, 4.69) is 86.8 Å². The van der Waals surface area contributed by atoms with Crippen LogP contribution in [0.1, 0.15) is 11.1 Å². The fraction of sp³-hybridized carbons (Fsp3) is 0.143. The molecule has 1 heterocycles. The molecule has 4 rings (SSSR count). The highest BCUT2D eigenvalue weighted by Crippen LogP contribution is 2.73. The molecule has 0 bridgehead atoms. The SMILES string of the molecule is Cc1ccc(S2(C)c3ccccc3-c3ccccc32)cc1C. The molecular formula is C21H20S. The van der Waals surface area contributed by atoms with Gasteiger partial charge in [-0.1, -0.05) is 42.5 Å². The molecule has 0 aliphatic carbocycles. The van der Waals surface area contributed by atoms with Gasteiger partial charge in [0.2, 0.25) is 0 Å². The van der Waals surface area contributed by atoms with E-state index in [4.69, 9.17) is 0 Å². The van der Waals surface area contributed by atoms with Crippen molar-refractivity contribution >= 4 is 10.0 Å². The van der Waals surface area contributed by atoms with Crippen LogP contribution in [0.15, 0.2) is 81.4 Å². The topological polar surface area (TPSA) is 0 Å². The van der Waals surface area contributed by atoms with Crippen LogP contribution in [0.4, 0.5) is 0 Å². The molecule has 3 aromatic rings. The molecular weight excluding hydrogens is 284 g/mol. The third-order valence-corrected chi connectivity index (χ3v) is 8.56. The molecule has 0 unspecified atom stereocenters. The highest BCUT2D eigenvalue weighted by atomic mass is 32.3. The van der Waals surface area contributed by atoms with Crippen LogP contribution in [-0.2, 0) is 0 Å². The van der Waals surface area contributed by atoms with Crippen molar-refractivity contribution in [2.24, 2.45) is 0 Å². The quantitative estimate of drug-likeness (QED) is 0.502. The van der Waals surface area contributed by atoms with E-state index in [9.17, 15) is 0 Å². The molecule has 0 N–H and O–H groups in total. The largest absolute Gasteiger partial charge is 0.162 e. The maximum atomic E-state index is 2.45. The number of benzene rings is 3. The van der Waals surface area contributed by atoms with Gasteiger partial charge in [-0.05, 0) is 71.5 Å². The fourth-order valence-electron chi connectivity index (χ4n) is 3.43. The minimum Gasteiger partial charge on any atom is -0.162 e. The summed E-state index contributed by atoms with van der Waals surface area (Å²) in [5.41, 5.74) is 5.57. The average molecular weight is 304 g/mol. The normalized spacial score (nSPS) is 16.0. The Morgan fingerprint density at radius 1 is 0.636 bits per heavy atom. The molecule has 0 saturated heterocycles. The van der Waals surface area contributed by atoms with E-state index >= 15 is 0 Å². The Kier molecular flexibility index (Phi) is 2.95. The molecule has 3 aromatic carbocycles. The van der Waals surface area contributed by atoms with Crippen molar-refractivity contribution < 1.29 is 0 Å². The molecule has 0 saturated carbocycles. The Morgan fingerprint density at radius 3 is 1.73 bits per heavy atom. The Hall–Kier alpha value is -1.99. The van der Waals surface area contributed by atoms with Gasteiger partial charge in [-0.2, -0.15) is 10.0 Å². The van der Waals surface area contributed by atoms with E-state index in [1.54, 1.807) is 0 Å². The first-order valence-electron chi connectivity index (χ1n) is 7.66. The second-order valence-electron chi connectivity index (χ2n) is 6.16. The Bertz CT molecular complexity index is 831. The lowest BCUT2D eigenvalue weighted by Crippen LogP contribution is -1.98. The number of hydrogen-bond acceptors (Lipinski definition) is 0. The third-order valence-electron chi connectivity index (χ3n) is 4.89. The summed E-state index contributed by atoms with van der Waals surface area (Å²) in [6.45, 7) is 4.40. The highest BCUT2D eigenvalue weighted by Gasteiger charge is 2.36. The summed E-state index contributed by atoms with van der Waals surface area (Å²) < 4.78 is 0. The molecule has 0 atom stereocenters. The molecule has 0 fully saturated rings. The van der Waals surface area contributed by atoms with Gasteiger partial charge >= 0.3 is 0 Å². The van der Waals surface area contributed by atoms with E-state index in [1.807, 2.05) is 0 Å². The monoisotopic (exact) mass is 304 g/mol. The van der Waals surface area contributed by atoms with Crippen LogP contribution < -0.4 is 0 Å². The summed E-state index contributed by atoms with van der Waals surface area (Å²) in [5, 5.41) is 0. The Morgan fingerprint density at radius 2 is 1.18 bits per heavy atom. The van der Waals surface area contributed by atoms with Crippen molar-refractivity contribution in [3.8, 4) is 11.1 Å². The van der Waals surface area contributed by atoms with Gasteiger partial charge in [-0.15, -0.1) is 0 Å². The van der Waals surface area contributed by atoms with Gasteiger partial charge in [-0.25, -0.2) is 0 Å². The number of fused-ring (bicyclic) bond motifs is 3. The lowest BCUT2D eigenvalue weighted by Gasteiger charge is -2.34. The summed E-state index contributed by atoms with van der Waals surface area (Å²) in [6, 6.07) is 24.8. The van der Waals surface area contributed by atoms with E-state index in [0.717, 1.165) is 0 Å². The lowest BCUT2D eigenvalue weighted by atomic mass is 10.1. The lowest BCUT2D eigenvalue weighted by molar-refractivity contribution is 1.26. The zero-order valence-corrected chi connectivity index (χ0v) is 14.1. The van der Waals surface area contributed by atoms with E-state index in [-0.39, 0.29) is 0 Å². The molecule has 1 aliphatic rings. The molecule has 1 heteroatoms. The maximum absolute atomic E-state index is 2.45. The summed E-state index contributed by atoms with van der Waals surface area (Å²) in [5.74, 6) is 0. The van der Waals surface area contributed by atoms with Crippen LogP contribution in [0, 0.1) is 13.8 Å². The molecule has 0 radical (unpaired) electrons. The van der Waals surface area contributed by atoms with Crippen LogP contribution in [0.25, 0.3) is 11.1 Å². The second-order valence-corrected chi connectivity index (χ2v) is 9.35. The van der Waals surface area contributed by atoms with Crippen LogP contribution >= 0.6 is 10.0 Å². The second kappa shape index (κ2) is 4.76. The molecule has 110 valence electrons. The minimum atomic E-state index is -1.14. The van der Waals surface area contributed by atoms with Crippen molar-refractivity contribution in [2.75, 3.05) is 6.26 Å². The van der Waals surface area contributed by atoms with Crippen LogP contribution in [0.3, 0.4) is 0 Å². The first-order chi connectivity index (χ1) is 10.6.